The molecule has 0 heterocycles. The molecule has 2 heteroatoms. The molecule has 0 saturated carbocycles. The van der Waals surface area contributed by atoms with Crippen LogP contribution in [0.2, 0.25) is 0 Å². The number of rotatable bonds is 18. The number of allylic oxidation sites excluding steroid dienone is 10. The molecule has 0 amide bonds. The number of hydrogen-bond acceptors (Lipinski definition) is 2. The van der Waals surface area contributed by atoms with Crippen LogP contribution in [0, 0.1) is 0 Å². The van der Waals surface area contributed by atoms with E-state index in [-0.39, 0.29) is 0 Å². The van der Waals surface area contributed by atoms with Gasteiger partial charge in [0.15, 0.2) is 0 Å². The molecule has 0 bridgehead atoms. The Hall–Kier alpha value is -1.28. The maximum absolute atomic E-state index is 11.7. The first-order chi connectivity index (χ1) is 15.2. The van der Waals surface area contributed by atoms with Crippen molar-refractivity contribution in [2.75, 3.05) is 5.75 Å². The first-order valence-electron chi connectivity index (χ1n) is 12.6. The van der Waals surface area contributed by atoms with Crippen molar-refractivity contribution in [3.05, 3.63) is 58.2 Å². The highest BCUT2D eigenvalue weighted by molar-refractivity contribution is 7.80. The molecule has 0 aromatic rings. The van der Waals surface area contributed by atoms with Crippen molar-refractivity contribution in [1.29, 1.82) is 0 Å². The van der Waals surface area contributed by atoms with Gasteiger partial charge in [-0.15, -0.1) is 0 Å². The summed E-state index contributed by atoms with van der Waals surface area (Å²) in [4.78, 5) is 11.7. The van der Waals surface area contributed by atoms with Gasteiger partial charge in [0.1, 0.15) is 5.78 Å². The minimum absolute atomic E-state index is 0.372. The molecule has 0 N–H and O–H groups in total. The second kappa shape index (κ2) is 20.3. The molecule has 0 aliphatic heterocycles. The molecule has 1 nitrogen and oxygen atoms in total. The molecular weight excluding hydrogens is 408 g/mol. The van der Waals surface area contributed by atoms with Crippen LogP contribution in [0.3, 0.4) is 0 Å². The van der Waals surface area contributed by atoms with Crippen LogP contribution in [0.1, 0.15) is 119 Å². The molecule has 0 unspecified atom stereocenters. The van der Waals surface area contributed by atoms with Crippen molar-refractivity contribution >= 4 is 18.4 Å². The summed E-state index contributed by atoms with van der Waals surface area (Å²) in [5.74, 6) is 1.17. The monoisotopic (exact) mass is 458 g/mol. The third kappa shape index (κ3) is 20.6. The van der Waals surface area contributed by atoms with Gasteiger partial charge < -0.3 is 0 Å². The number of ketones is 1. The standard InChI is InChI=1S/C30H50OS/c1-25(2)13-9-16-28(5)19-10-17-26(3)14-7-8-15-27(4)18-11-20-29(6)22-23-30(31)21-12-24-32/h13-15,19-20,32H,7-12,16-18,21-24H2,1-6H3/b26-14+,27-15+,28-19+,29-20+. The maximum Gasteiger partial charge on any atom is 0.133 e. The van der Waals surface area contributed by atoms with Crippen molar-refractivity contribution in [3.63, 3.8) is 0 Å². The molecule has 0 aliphatic carbocycles. The molecule has 0 atom stereocenters. The number of Topliss-reactive ketones (excluding diaryl/α,β-unsaturated/α-hetero) is 1. The quantitative estimate of drug-likeness (QED) is 0.123. The highest BCUT2D eigenvalue weighted by Gasteiger charge is 2.01. The lowest BCUT2D eigenvalue weighted by Gasteiger charge is -2.03. The number of thiol groups is 1. The zero-order valence-electron chi connectivity index (χ0n) is 21.9. The number of carbonyl (C=O) groups excluding carboxylic acids is 1. The number of hydrogen-bond donors (Lipinski definition) is 1. The fraction of sp³-hybridized carbons (Fsp3) is 0.633. The Morgan fingerprint density at radius 3 is 1.38 bits per heavy atom. The molecule has 0 rings (SSSR count). The van der Waals surface area contributed by atoms with Crippen LogP contribution in [0.15, 0.2) is 58.2 Å². The van der Waals surface area contributed by atoms with E-state index >= 15 is 0 Å². The van der Waals surface area contributed by atoms with Crippen LogP contribution < -0.4 is 0 Å². The van der Waals surface area contributed by atoms with Gasteiger partial charge in [-0.1, -0.05) is 58.2 Å². The van der Waals surface area contributed by atoms with E-state index in [2.05, 4.69) is 84.6 Å². The Kier molecular flexibility index (Phi) is 19.5. The second-order valence-corrected chi connectivity index (χ2v) is 9.99. The Morgan fingerprint density at radius 2 is 0.938 bits per heavy atom. The number of unbranched alkanes of at least 4 members (excludes halogenated alkanes) is 1. The molecule has 0 saturated heterocycles. The molecule has 182 valence electrons. The predicted molar refractivity (Wildman–Crippen MR) is 149 cm³/mol. The van der Waals surface area contributed by atoms with Gasteiger partial charge in [0.25, 0.3) is 0 Å². The van der Waals surface area contributed by atoms with Gasteiger partial charge >= 0.3 is 0 Å². The van der Waals surface area contributed by atoms with Crippen molar-refractivity contribution in [2.24, 2.45) is 0 Å². The summed E-state index contributed by atoms with van der Waals surface area (Å²) in [6, 6.07) is 0. The van der Waals surface area contributed by atoms with E-state index in [1.165, 1.54) is 40.7 Å². The molecule has 0 radical (unpaired) electrons. The van der Waals surface area contributed by atoms with Crippen LogP contribution in [-0.4, -0.2) is 11.5 Å². The minimum Gasteiger partial charge on any atom is -0.300 e. The zero-order valence-corrected chi connectivity index (χ0v) is 22.8. The van der Waals surface area contributed by atoms with Gasteiger partial charge in [0, 0.05) is 12.8 Å². The molecule has 0 aromatic carbocycles. The summed E-state index contributed by atoms with van der Waals surface area (Å²) >= 11 is 4.17. The van der Waals surface area contributed by atoms with Gasteiger partial charge in [-0.25, -0.2) is 0 Å². The Bertz CT molecular complexity index is 669. The van der Waals surface area contributed by atoms with Crippen LogP contribution in [0.25, 0.3) is 0 Å². The Balaban J connectivity index is 4.05. The van der Waals surface area contributed by atoms with E-state index in [9.17, 15) is 4.79 Å². The van der Waals surface area contributed by atoms with Crippen molar-refractivity contribution < 1.29 is 4.79 Å². The minimum atomic E-state index is 0.372. The SMILES string of the molecule is CC(C)=CCC/C(C)=C/CC/C(C)=C/CC/C=C(\C)CC/C=C(\C)CCC(=O)CCCS. The second-order valence-electron chi connectivity index (χ2n) is 9.54. The van der Waals surface area contributed by atoms with E-state index in [4.69, 9.17) is 0 Å². The lowest BCUT2D eigenvalue weighted by Crippen LogP contribution is -1.98. The first-order valence-corrected chi connectivity index (χ1v) is 13.3. The largest absolute Gasteiger partial charge is 0.300 e. The summed E-state index contributed by atoms with van der Waals surface area (Å²) in [5, 5.41) is 0. The van der Waals surface area contributed by atoms with E-state index in [1.54, 1.807) is 0 Å². The summed E-state index contributed by atoms with van der Waals surface area (Å²) in [6.45, 7) is 13.2. The van der Waals surface area contributed by atoms with Crippen molar-refractivity contribution in [1.82, 2.24) is 0 Å². The van der Waals surface area contributed by atoms with Crippen LogP contribution >= 0.6 is 12.6 Å². The summed E-state index contributed by atoms with van der Waals surface area (Å²) in [7, 11) is 0. The lowest BCUT2D eigenvalue weighted by atomic mass is 10.0. The Morgan fingerprint density at radius 1 is 0.531 bits per heavy atom. The van der Waals surface area contributed by atoms with Crippen LogP contribution in [0.5, 0.6) is 0 Å². The smallest absolute Gasteiger partial charge is 0.133 e. The number of carbonyl (C=O) groups is 1. The van der Waals surface area contributed by atoms with Gasteiger partial charge in [-0.3, -0.25) is 4.79 Å². The lowest BCUT2D eigenvalue weighted by molar-refractivity contribution is -0.119. The normalized spacial score (nSPS) is 13.5. The molecule has 0 spiro atoms. The van der Waals surface area contributed by atoms with Gasteiger partial charge in [0.2, 0.25) is 0 Å². The van der Waals surface area contributed by atoms with Crippen LogP contribution in [-0.2, 0) is 4.79 Å². The average molecular weight is 459 g/mol. The summed E-state index contributed by atoms with van der Waals surface area (Å²) < 4.78 is 0. The molecule has 0 fully saturated rings. The van der Waals surface area contributed by atoms with Crippen molar-refractivity contribution in [3.8, 4) is 0 Å². The molecule has 0 aromatic heterocycles. The highest BCUT2D eigenvalue weighted by Crippen LogP contribution is 2.14. The maximum atomic E-state index is 11.7. The Labute approximate surface area is 205 Å². The predicted octanol–water partition coefficient (Wildman–Crippen LogP) is 9.92. The van der Waals surface area contributed by atoms with E-state index in [0.717, 1.165) is 57.1 Å². The van der Waals surface area contributed by atoms with Gasteiger partial charge in [-0.05, 0) is 112 Å². The topological polar surface area (TPSA) is 17.1 Å². The fourth-order valence-electron chi connectivity index (χ4n) is 3.49. The van der Waals surface area contributed by atoms with Gasteiger partial charge in [-0.2, -0.15) is 12.6 Å². The average Bonchev–Trinajstić information content (AvgIpc) is 2.73. The van der Waals surface area contributed by atoms with E-state index < -0.39 is 0 Å². The summed E-state index contributed by atoms with van der Waals surface area (Å²) in [6.07, 6.45) is 24.1. The molecule has 0 aliphatic rings. The fourth-order valence-corrected chi connectivity index (χ4v) is 3.64. The molecular formula is C30H50OS. The third-order valence-corrected chi connectivity index (χ3v) is 6.03. The highest BCUT2D eigenvalue weighted by atomic mass is 32.1. The van der Waals surface area contributed by atoms with E-state index in [1.807, 2.05) is 0 Å². The summed E-state index contributed by atoms with van der Waals surface area (Å²) in [5.41, 5.74) is 7.25. The molecule has 32 heavy (non-hydrogen) atoms. The third-order valence-electron chi connectivity index (χ3n) is 5.72. The van der Waals surface area contributed by atoms with Gasteiger partial charge in [0.05, 0.1) is 0 Å². The van der Waals surface area contributed by atoms with Crippen LogP contribution in [0.4, 0.5) is 0 Å². The van der Waals surface area contributed by atoms with E-state index in [0.29, 0.717) is 18.6 Å². The zero-order chi connectivity index (χ0) is 24.2. The first kappa shape index (κ1) is 30.7. The van der Waals surface area contributed by atoms with Crippen molar-refractivity contribution in [2.45, 2.75) is 119 Å².